The molecular formula is C24H30N6O2. The number of carbonyl (C=O) groups is 1. The Balaban J connectivity index is 1.27. The normalized spacial score (nSPS) is 20.1. The lowest BCUT2D eigenvalue weighted by molar-refractivity contribution is -0.143. The number of aromatic amines is 1. The SMILES string of the molecule is Cc1nc(C2CN(Cc3ccccc3)CC23CN(C(=O)CCc2c(C)noc2C)C3)n[nH]1. The first-order valence-electron chi connectivity index (χ1n) is 11.3. The zero-order valence-corrected chi connectivity index (χ0v) is 19.0. The molecule has 0 aliphatic carbocycles. The molecule has 5 rings (SSSR count). The number of carbonyl (C=O) groups excluding carboxylic acids is 1. The smallest absolute Gasteiger partial charge is 0.222 e. The molecule has 2 aliphatic rings. The Morgan fingerprint density at radius 1 is 1.19 bits per heavy atom. The molecule has 0 radical (unpaired) electrons. The number of aryl methyl sites for hydroxylation is 3. The molecule has 2 saturated heterocycles. The number of amides is 1. The van der Waals surface area contributed by atoms with Crippen molar-refractivity contribution in [2.75, 3.05) is 26.2 Å². The third kappa shape index (κ3) is 3.83. The summed E-state index contributed by atoms with van der Waals surface area (Å²) in [4.78, 5) is 22.1. The van der Waals surface area contributed by atoms with Crippen molar-refractivity contribution in [1.82, 2.24) is 30.1 Å². The van der Waals surface area contributed by atoms with Crippen LogP contribution in [0.5, 0.6) is 0 Å². The van der Waals surface area contributed by atoms with Crippen molar-refractivity contribution in [3.63, 3.8) is 0 Å². The molecule has 1 spiro atoms. The van der Waals surface area contributed by atoms with E-state index in [-0.39, 0.29) is 17.2 Å². The summed E-state index contributed by atoms with van der Waals surface area (Å²) in [6, 6.07) is 10.6. The van der Waals surface area contributed by atoms with Gasteiger partial charge in [-0.25, -0.2) is 4.98 Å². The molecule has 0 bridgehead atoms. The number of nitrogens with zero attached hydrogens (tertiary/aromatic N) is 5. The lowest BCUT2D eigenvalue weighted by Crippen LogP contribution is -2.61. The second-order valence-electron chi connectivity index (χ2n) is 9.40. The second-order valence-corrected chi connectivity index (χ2v) is 9.40. The molecule has 0 saturated carbocycles. The van der Waals surface area contributed by atoms with Gasteiger partial charge in [0.2, 0.25) is 5.91 Å². The Labute approximate surface area is 188 Å². The first-order chi connectivity index (χ1) is 15.4. The van der Waals surface area contributed by atoms with E-state index in [2.05, 4.69) is 49.5 Å². The average Bonchev–Trinajstić information content (AvgIpc) is 3.43. The maximum atomic E-state index is 12.9. The molecule has 8 nitrogen and oxygen atoms in total. The van der Waals surface area contributed by atoms with Crippen molar-refractivity contribution >= 4 is 5.91 Å². The highest BCUT2D eigenvalue weighted by atomic mass is 16.5. The van der Waals surface area contributed by atoms with Crippen LogP contribution < -0.4 is 0 Å². The standard InChI is InChI=1S/C24H30N6O2/c1-16-20(17(2)32-28-16)9-10-22(31)30-14-24(15-30)13-29(11-19-7-5-4-6-8-19)12-21(24)23-25-18(3)26-27-23/h4-8,21H,9-15H2,1-3H3,(H,25,26,27). The van der Waals surface area contributed by atoms with Crippen LogP contribution in [0.15, 0.2) is 34.9 Å². The number of aromatic nitrogens is 4. The number of H-pyrrole nitrogens is 1. The molecule has 1 aromatic carbocycles. The Bertz CT molecular complexity index is 1080. The van der Waals surface area contributed by atoms with E-state index in [1.54, 1.807) is 0 Å². The lowest BCUT2D eigenvalue weighted by atomic mass is 9.71. The van der Waals surface area contributed by atoms with Gasteiger partial charge in [0.1, 0.15) is 11.6 Å². The number of benzene rings is 1. The molecule has 8 heteroatoms. The Kier molecular flexibility index (Phi) is 5.33. The third-order valence-corrected chi connectivity index (χ3v) is 7.03. The fourth-order valence-corrected chi connectivity index (χ4v) is 5.36. The van der Waals surface area contributed by atoms with Gasteiger partial charge < -0.3 is 9.42 Å². The Morgan fingerprint density at radius 2 is 1.97 bits per heavy atom. The van der Waals surface area contributed by atoms with E-state index in [0.717, 1.165) is 61.4 Å². The molecule has 3 aromatic rings. The highest BCUT2D eigenvalue weighted by molar-refractivity contribution is 5.77. The molecule has 1 unspecified atom stereocenters. The minimum Gasteiger partial charge on any atom is -0.361 e. The summed E-state index contributed by atoms with van der Waals surface area (Å²) >= 11 is 0. The summed E-state index contributed by atoms with van der Waals surface area (Å²) in [6.45, 7) is 10.1. The van der Waals surface area contributed by atoms with Gasteiger partial charge in [0, 0.05) is 56.0 Å². The van der Waals surface area contributed by atoms with Crippen LogP contribution in [0.1, 0.15) is 46.6 Å². The first-order valence-corrected chi connectivity index (χ1v) is 11.3. The van der Waals surface area contributed by atoms with Gasteiger partial charge in [0.05, 0.1) is 5.69 Å². The van der Waals surface area contributed by atoms with Crippen LogP contribution in [0.4, 0.5) is 0 Å². The second kappa shape index (κ2) is 8.16. The van der Waals surface area contributed by atoms with Gasteiger partial charge in [0.15, 0.2) is 5.82 Å². The minimum atomic E-state index is 0.0160. The summed E-state index contributed by atoms with van der Waals surface area (Å²) in [5, 5.41) is 11.5. The molecule has 2 fully saturated rings. The lowest BCUT2D eigenvalue weighted by Gasteiger charge is -2.50. The molecule has 1 N–H and O–H groups in total. The molecule has 2 aromatic heterocycles. The van der Waals surface area contributed by atoms with E-state index in [4.69, 9.17) is 4.52 Å². The Hall–Kier alpha value is -3.00. The van der Waals surface area contributed by atoms with Crippen LogP contribution in [-0.4, -0.2) is 62.2 Å². The van der Waals surface area contributed by atoms with Crippen LogP contribution in [0.2, 0.25) is 0 Å². The largest absolute Gasteiger partial charge is 0.361 e. The summed E-state index contributed by atoms with van der Waals surface area (Å²) in [5.41, 5.74) is 3.25. The number of nitrogens with one attached hydrogen (secondary N) is 1. The highest BCUT2D eigenvalue weighted by Gasteiger charge is 2.56. The van der Waals surface area contributed by atoms with Crippen molar-refractivity contribution in [3.8, 4) is 0 Å². The predicted molar refractivity (Wildman–Crippen MR) is 119 cm³/mol. The fraction of sp³-hybridized carbons (Fsp3) is 0.500. The monoisotopic (exact) mass is 434 g/mol. The van der Waals surface area contributed by atoms with Gasteiger partial charge in [-0.2, -0.15) is 5.10 Å². The van der Waals surface area contributed by atoms with Crippen molar-refractivity contribution in [2.24, 2.45) is 5.41 Å². The molecule has 1 amide bonds. The van der Waals surface area contributed by atoms with Crippen LogP contribution in [-0.2, 0) is 17.8 Å². The molecule has 168 valence electrons. The average molecular weight is 435 g/mol. The van der Waals surface area contributed by atoms with E-state index in [9.17, 15) is 4.79 Å². The van der Waals surface area contributed by atoms with E-state index >= 15 is 0 Å². The zero-order valence-electron chi connectivity index (χ0n) is 19.0. The van der Waals surface area contributed by atoms with Gasteiger partial charge in [-0.1, -0.05) is 35.5 Å². The zero-order chi connectivity index (χ0) is 22.3. The van der Waals surface area contributed by atoms with Crippen molar-refractivity contribution < 1.29 is 9.32 Å². The van der Waals surface area contributed by atoms with Gasteiger partial charge >= 0.3 is 0 Å². The van der Waals surface area contributed by atoms with E-state index in [1.165, 1.54) is 5.56 Å². The number of rotatable bonds is 6. The Morgan fingerprint density at radius 3 is 2.62 bits per heavy atom. The first kappa shape index (κ1) is 20.9. The minimum absolute atomic E-state index is 0.0160. The van der Waals surface area contributed by atoms with E-state index in [0.29, 0.717) is 12.8 Å². The summed E-state index contributed by atoms with van der Waals surface area (Å²) < 4.78 is 5.23. The van der Waals surface area contributed by atoms with Crippen LogP contribution >= 0.6 is 0 Å². The van der Waals surface area contributed by atoms with Crippen molar-refractivity contribution in [1.29, 1.82) is 0 Å². The number of likely N-dealkylation sites (tertiary alicyclic amines) is 2. The maximum absolute atomic E-state index is 12.9. The molecule has 1 atom stereocenters. The van der Waals surface area contributed by atoms with E-state index < -0.39 is 0 Å². The summed E-state index contributed by atoms with van der Waals surface area (Å²) in [6.07, 6.45) is 1.16. The van der Waals surface area contributed by atoms with Gasteiger partial charge in [-0.15, -0.1) is 0 Å². The summed E-state index contributed by atoms with van der Waals surface area (Å²) in [5.74, 6) is 2.94. The quantitative estimate of drug-likeness (QED) is 0.642. The van der Waals surface area contributed by atoms with Crippen molar-refractivity contribution in [3.05, 3.63) is 64.6 Å². The van der Waals surface area contributed by atoms with E-state index in [1.807, 2.05) is 31.7 Å². The van der Waals surface area contributed by atoms with Gasteiger partial charge in [-0.05, 0) is 32.8 Å². The highest BCUT2D eigenvalue weighted by Crippen LogP contribution is 2.48. The van der Waals surface area contributed by atoms with Crippen molar-refractivity contribution in [2.45, 2.75) is 46.1 Å². The number of hydrogen-bond acceptors (Lipinski definition) is 6. The molecule has 2 aliphatic heterocycles. The maximum Gasteiger partial charge on any atom is 0.222 e. The van der Waals surface area contributed by atoms with Crippen LogP contribution in [0.25, 0.3) is 0 Å². The third-order valence-electron chi connectivity index (χ3n) is 7.03. The van der Waals surface area contributed by atoms with Crippen LogP contribution in [0.3, 0.4) is 0 Å². The topological polar surface area (TPSA) is 91.2 Å². The molecule has 4 heterocycles. The fourth-order valence-electron chi connectivity index (χ4n) is 5.36. The van der Waals surface area contributed by atoms with Gasteiger partial charge in [-0.3, -0.25) is 14.8 Å². The number of hydrogen-bond donors (Lipinski definition) is 1. The summed E-state index contributed by atoms with van der Waals surface area (Å²) in [7, 11) is 0. The van der Waals surface area contributed by atoms with Gasteiger partial charge in [0.25, 0.3) is 0 Å². The molecule has 32 heavy (non-hydrogen) atoms. The molecular weight excluding hydrogens is 404 g/mol. The van der Waals surface area contributed by atoms with Crippen LogP contribution in [0, 0.1) is 26.2 Å². The predicted octanol–water partition coefficient (Wildman–Crippen LogP) is 2.78.